The molecule has 1 atom stereocenters. The Balaban J connectivity index is 2.44. The van der Waals surface area contributed by atoms with Crippen molar-refractivity contribution in [2.24, 2.45) is 5.92 Å². The highest BCUT2D eigenvalue weighted by Gasteiger charge is 2.15. The van der Waals surface area contributed by atoms with Crippen LogP contribution in [0.15, 0.2) is 33.5 Å². The third kappa shape index (κ3) is 1.88. The summed E-state index contributed by atoms with van der Waals surface area (Å²) < 4.78 is 6.55. The van der Waals surface area contributed by atoms with Crippen LogP contribution in [0.4, 0.5) is 0 Å². The van der Waals surface area contributed by atoms with Crippen molar-refractivity contribution >= 4 is 11.1 Å². The molecule has 0 fully saturated rings. The van der Waals surface area contributed by atoms with Crippen molar-refractivity contribution in [1.29, 1.82) is 0 Å². The smallest absolute Gasteiger partial charge is 0.408 e. The molecular weight excluding hydrogens is 206 g/mol. The van der Waals surface area contributed by atoms with Gasteiger partial charge >= 0.3 is 5.76 Å². The zero-order valence-electron chi connectivity index (χ0n) is 9.38. The van der Waals surface area contributed by atoms with E-state index in [9.17, 15) is 9.90 Å². The molecule has 0 aliphatic carbocycles. The Labute approximate surface area is 93.1 Å². The summed E-state index contributed by atoms with van der Waals surface area (Å²) in [6, 6.07) is 7.21. The van der Waals surface area contributed by atoms with E-state index < -0.39 is 11.9 Å². The van der Waals surface area contributed by atoms with Crippen LogP contribution < -0.4 is 5.76 Å². The van der Waals surface area contributed by atoms with Gasteiger partial charge in [0.25, 0.3) is 0 Å². The van der Waals surface area contributed by atoms with E-state index >= 15 is 0 Å². The summed E-state index contributed by atoms with van der Waals surface area (Å²) in [4.78, 5) is 11.6. The second kappa shape index (κ2) is 4.14. The normalized spacial score (nSPS) is 13.5. The Morgan fingerprint density at radius 3 is 2.75 bits per heavy atom. The van der Waals surface area contributed by atoms with Crippen LogP contribution in [-0.2, 0) is 6.54 Å². The van der Waals surface area contributed by atoms with E-state index in [0.29, 0.717) is 5.58 Å². The Hall–Kier alpha value is -1.55. The van der Waals surface area contributed by atoms with Crippen molar-refractivity contribution in [3.8, 4) is 0 Å². The largest absolute Gasteiger partial charge is 0.420 e. The van der Waals surface area contributed by atoms with Crippen molar-refractivity contribution in [3.05, 3.63) is 34.8 Å². The second-order valence-corrected chi connectivity index (χ2v) is 4.26. The number of rotatable bonds is 3. The number of benzene rings is 1. The van der Waals surface area contributed by atoms with Crippen LogP contribution in [0.1, 0.15) is 13.8 Å². The maximum atomic E-state index is 11.6. The molecule has 86 valence electrons. The topological polar surface area (TPSA) is 55.4 Å². The molecule has 0 radical (unpaired) electrons. The van der Waals surface area contributed by atoms with Crippen molar-refractivity contribution < 1.29 is 9.52 Å². The molecule has 1 heterocycles. The monoisotopic (exact) mass is 221 g/mol. The summed E-state index contributed by atoms with van der Waals surface area (Å²) >= 11 is 0. The fourth-order valence-corrected chi connectivity index (χ4v) is 1.58. The van der Waals surface area contributed by atoms with Crippen LogP contribution in [0, 0.1) is 5.92 Å². The molecule has 0 bridgehead atoms. The molecular formula is C12H15NO3. The van der Waals surface area contributed by atoms with Gasteiger partial charge < -0.3 is 9.52 Å². The highest BCUT2D eigenvalue weighted by atomic mass is 16.4. The predicted octanol–water partition coefficient (Wildman–Crippen LogP) is 1.61. The van der Waals surface area contributed by atoms with E-state index in [1.807, 2.05) is 32.0 Å². The lowest BCUT2D eigenvalue weighted by atomic mass is 10.1. The molecule has 0 saturated heterocycles. The number of aliphatic hydroxyl groups is 1. The SMILES string of the molecule is CC(C)C(O)Cn1c(=O)oc2ccccc21. The Morgan fingerprint density at radius 2 is 2.06 bits per heavy atom. The predicted molar refractivity (Wildman–Crippen MR) is 61.3 cm³/mol. The molecule has 0 aliphatic rings. The minimum absolute atomic E-state index is 0.112. The number of fused-ring (bicyclic) bond motifs is 1. The van der Waals surface area contributed by atoms with Crippen LogP contribution in [-0.4, -0.2) is 15.8 Å². The Kier molecular flexibility index (Phi) is 2.83. The lowest BCUT2D eigenvalue weighted by molar-refractivity contribution is 0.106. The van der Waals surface area contributed by atoms with Gasteiger partial charge in [0.1, 0.15) is 0 Å². The van der Waals surface area contributed by atoms with Gasteiger partial charge in [-0.15, -0.1) is 0 Å². The van der Waals surface area contributed by atoms with E-state index in [2.05, 4.69) is 0 Å². The van der Waals surface area contributed by atoms with Crippen molar-refractivity contribution in [1.82, 2.24) is 4.57 Å². The van der Waals surface area contributed by atoms with Gasteiger partial charge in [-0.25, -0.2) is 4.79 Å². The van der Waals surface area contributed by atoms with Gasteiger partial charge in [0.2, 0.25) is 0 Å². The maximum absolute atomic E-state index is 11.6. The molecule has 0 saturated carbocycles. The molecule has 1 N–H and O–H groups in total. The zero-order valence-corrected chi connectivity index (χ0v) is 9.38. The first-order chi connectivity index (χ1) is 7.59. The van der Waals surface area contributed by atoms with Crippen molar-refractivity contribution in [2.75, 3.05) is 0 Å². The lowest BCUT2D eigenvalue weighted by Crippen LogP contribution is -2.26. The highest BCUT2D eigenvalue weighted by Crippen LogP contribution is 2.13. The molecule has 2 aromatic rings. The number of aromatic nitrogens is 1. The van der Waals surface area contributed by atoms with Gasteiger partial charge in [0.15, 0.2) is 5.58 Å². The van der Waals surface area contributed by atoms with Gasteiger partial charge in [0.05, 0.1) is 18.2 Å². The van der Waals surface area contributed by atoms with Crippen LogP contribution in [0.3, 0.4) is 0 Å². The standard InChI is InChI=1S/C12H15NO3/c1-8(2)10(14)7-13-9-5-3-4-6-11(9)16-12(13)15/h3-6,8,10,14H,7H2,1-2H3. The Bertz CT molecular complexity index is 538. The summed E-state index contributed by atoms with van der Waals surface area (Å²) in [5, 5.41) is 9.78. The quantitative estimate of drug-likeness (QED) is 0.856. The first-order valence-corrected chi connectivity index (χ1v) is 5.36. The van der Waals surface area contributed by atoms with E-state index in [1.165, 1.54) is 4.57 Å². The first-order valence-electron chi connectivity index (χ1n) is 5.36. The first kappa shape index (κ1) is 11.0. The highest BCUT2D eigenvalue weighted by molar-refractivity contribution is 5.72. The van der Waals surface area contributed by atoms with Gasteiger partial charge in [-0.1, -0.05) is 26.0 Å². The van der Waals surface area contributed by atoms with E-state index in [4.69, 9.17) is 4.42 Å². The summed E-state index contributed by atoms with van der Waals surface area (Å²) in [7, 11) is 0. The average molecular weight is 221 g/mol. The number of nitrogens with zero attached hydrogens (tertiary/aromatic N) is 1. The molecule has 1 aromatic heterocycles. The zero-order chi connectivity index (χ0) is 11.7. The summed E-state index contributed by atoms with van der Waals surface area (Å²) in [5.74, 6) is -0.304. The number of hydrogen-bond donors (Lipinski definition) is 1. The van der Waals surface area contributed by atoms with Crippen LogP contribution in [0.2, 0.25) is 0 Å². The fraction of sp³-hybridized carbons (Fsp3) is 0.417. The maximum Gasteiger partial charge on any atom is 0.420 e. The molecule has 4 nitrogen and oxygen atoms in total. The molecule has 0 aliphatic heterocycles. The third-order valence-corrected chi connectivity index (χ3v) is 2.71. The molecule has 0 spiro atoms. The number of aliphatic hydroxyl groups excluding tert-OH is 1. The van der Waals surface area contributed by atoms with Gasteiger partial charge in [-0.2, -0.15) is 0 Å². The average Bonchev–Trinajstić information content (AvgIpc) is 2.55. The summed E-state index contributed by atoms with van der Waals surface area (Å²) in [6.45, 7) is 4.10. The second-order valence-electron chi connectivity index (χ2n) is 4.26. The van der Waals surface area contributed by atoms with Crippen molar-refractivity contribution in [2.45, 2.75) is 26.5 Å². The minimum atomic E-state index is -0.543. The molecule has 1 aromatic carbocycles. The molecule has 2 rings (SSSR count). The summed E-state index contributed by atoms with van der Waals surface area (Å²) in [5.41, 5.74) is 1.29. The van der Waals surface area contributed by atoms with Gasteiger partial charge in [0, 0.05) is 0 Å². The minimum Gasteiger partial charge on any atom is -0.408 e. The molecule has 4 heteroatoms. The summed E-state index contributed by atoms with van der Waals surface area (Å²) in [6.07, 6.45) is -0.543. The van der Waals surface area contributed by atoms with E-state index in [1.54, 1.807) is 6.07 Å². The number of oxazole rings is 1. The Morgan fingerprint density at radius 1 is 1.38 bits per heavy atom. The van der Waals surface area contributed by atoms with Crippen LogP contribution >= 0.6 is 0 Å². The third-order valence-electron chi connectivity index (χ3n) is 2.71. The number of hydrogen-bond acceptors (Lipinski definition) is 3. The molecule has 0 amide bonds. The lowest BCUT2D eigenvalue weighted by Gasteiger charge is -2.14. The van der Waals surface area contributed by atoms with Gasteiger partial charge in [-0.3, -0.25) is 4.57 Å². The van der Waals surface area contributed by atoms with Crippen LogP contribution in [0.5, 0.6) is 0 Å². The van der Waals surface area contributed by atoms with E-state index in [0.717, 1.165) is 5.52 Å². The van der Waals surface area contributed by atoms with Crippen LogP contribution in [0.25, 0.3) is 11.1 Å². The fourth-order valence-electron chi connectivity index (χ4n) is 1.58. The van der Waals surface area contributed by atoms with Crippen molar-refractivity contribution in [3.63, 3.8) is 0 Å². The van der Waals surface area contributed by atoms with E-state index in [-0.39, 0.29) is 12.5 Å². The molecule has 16 heavy (non-hydrogen) atoms. The number of para-hydroxylation sites is 2. The van der Waals surface area contributed by atoms with Gasteiger partial charge in [-0.05, 0) is 18.1 Å². The molecule has 1 unspecified atom stereocenters.